The number of piperidine rings is 1. The predicted molar refractivity (Wildman–Crippen MR) is 123 cm³/mol. The molecule has 3 N–H and O–H groups in total. The normalized spacial score (nSPS) is 22.9. The van der Waals surface area contributed by atoms with Gasteiger partial charge in [0.15, 0.2) is 0 Å². The molecule has 2 unspecified atom stereocenters. The molecule has 2 atom stereocenters. The van der Waals surface area contributed by atoms with Gasteiger partial charge in [-0.05, 0) is 55.0 Å². The van der Waals surface area contributed by atoms with Gasteiger partial charge in [0.05, 0.1) is 11.4 Å². The Bertz CT molecular complexity index is 927. The molecular weight excluding hydrogens is 407 g/mol. The Morgan fingerprint density at radius 1 is 1.19 bits per heavy atom. The van der Waals surface area contributed by atoms with Crippen molar-refractivity contribution >= 4 is 5.91 Å². The topological polar surface area (TPSA) is 74.2 Å². The van der Waals surface area contributed by atoms with Gasteiger partial charge in [-0.1, -0.05) is 20.8 Å². The third-order valence-electron chi connectivity index (χ3n) is 6.70. The summed E-state index contributed by atoms with van der Waals surface area (Å²) >= 11 is 0. The molecule has 1 aromatic carbocycles. The molecule has 4 rings (SSSR count). The molecule has 2 aromatic rings. The summed E-state index contributed by atoms with van der Waals surface area (Å²) in [6, 6.07) is 8.85. The highest BCUT2D eigenvalue weighted by Gasteiger charge is 2.36. The van der Waals surface area contributed by atoms with E-state index >= 15 is 0 Å². The van der Waals surface area contributed by atoms with E-state index in [0.717, 1.165) is 55.8 Å². The zero-order chi connectivity index (χ0) is 22.9. The highest BCUT2D eigenvalue weighted by atomic mass is 19.1. The van der Waals surface area contributed by atoms with Crippen molar-refractivity contribution < 1.29 is 9.18 Å². The van der Waals surface area contributed by atoms with Crippen LogP contribution in [0.2, 0.25) is 0 Å². The molecule has 1 amide bonds. The van der Waals surface area contributed by atoms with Crippen molar-refractivity contribution in [2.45, 2.75) is 64.7 Å². The highest BCUT2D eigenvalue weighted by molar-refractivity contribution is 5.82. The molecule has 8 heteroatoms. The van der Waals surface area contributed by atoms with Gasteiger partial charge in [0.25, 0.3) is 0 Å². The summed E-state index contributed by atoms with van der Waals surface area (Å²) in [5, 5.41) is 7.84. The first-order valence-electron chi connectivity index (χ1n) is 11.5. The molecular formula is C24H35FN6O. The number of amides is 1. The minimum Gasteiger partial charge on any atom is -0.352 e. The zero-order valence-electron chi connectivity index (χ0n) is 19.5. The molecule has 7 nitrogen and oxygen atoms in total. The lowest BCUT2D eigenvalue weighted by atomic mass is 9.84. The van der Waals surface area contributed by atoms with E-state index in [2.05, 4.69) is 53.0 Å². The van der Waals surface area contributed by atoms with E-state index in [1.54, 1.807) is 12.1 Å². The van der Waals surface area contributed by atoms with Gasteiger partial charge >= 0.3 is 0 Å². The van der Waals surface area contributed by atoms with Crippen LogP contribution >= 0.6 is 0 Å². The van der Waals surface area contributed by atoms with E-state index in [1.807, 2.05) is 11.7 Å². The highest BCUT2D eigenvalue weighted by Crippen LogP contribution is 2.26. The fraction of sp³-hybridized carbons (Fsp3) is 0.583. The first-order chi connectivity index (χ1) is 15.2. The van der Waals surface area contributed by atoms with Crippen LogP contribution in [0, 0.1) is 11.2 Å². The van der Waals surface area contributed by atoms with Gasteiger partial charge < -0.3 is 5.32 Å². The van der Waals surface area contributed by atoms with Crippen LogP contribution in [0.3, 0.4) is 0 Å². The van der Waals surface area contributed by atoms with Gasteiger partial charge in [0.2, 0.25) is 5.91 Å². The van der Waals surface area contributed by atoms with Gasteiger partial charge in [-0.3, -0.25) is 19.8 Å². The van der Waals surface area contributed by atoms with Gasteiger partial charge in [-0.15, -0.1) is 0 Å². The van der Waals surface area contributed by atoms with Crippen molar-refractivity contribution in [2.24, 2.45) is 12.5 Å². The maximum absolute atomic E-state index is 13.2. The van der Waals surface area contributed by atoms with Gasteiger partial charge in [0.1, 0.15) is 11.9 Å². The Morgan fingerprint density at radius 3 is 2.50 bits per heavy atom. The summed E-state index contributed by atoms with van der Waals surface area (Å²) in [5.41, 5.74) is 9.46. The van der Waals surface area contributed by atoms with Gasteiger partial charge in [-0.2, -0.15) is 5.10 Å². The van der Waals surface area contributed by atoms with E-state index in [9.17, 15) is 9.18 Å². The summed E-state index contributed by atoms with van der Waals surface area (Å²) in [7, 11) is 1.95. The van der Waals surface area contributed by atoms with Crippen molar-refractivity contribution in [2.75, 3.05) is 13.1 Å². The molecule has 1 aromatic heterocycles. The number of aryl methyl sites for hydroxylation is 1. The summed E-state index contributed by atoms with van der Waals surface area (Å²) in [5.74, 6) is -0.146. The van der Waals surface area contributed by atoms with Crippen LogP contribution in [-0.4, -0.2) is 51.8 Å². The van der Waals surface area contributed by atoms with Crippen molar-refractivity contribution in [3.63, 3.8) is 0 Å². The first-order valence-corrected chi connectivity index (χ1v) is 11.5. The number of benzene rings is 1. The molecule has 32 heavy (non-hydrogen) atoms. The third-order valence-corrected chi connectivity index (χ3v) is 6.70. The van der Waals surface area contributed by atoms with Gasteiger partial charge in [-0.25, -0.2) is 9.82 Å². The third kappa shape index (κ3) is 5.36. The second-order valence-electron chi connectivity index (χ2n) is 10.2. The van der Waals surface area contributed by atoms with Crippen LogP contribution in [0.25, 0.3) is 11.3 Å². The average molecular weight is 443 g/mol. The van der Waals surface area contributed by atoms with Crippen LogP contribution in [0.15, 0.2) is 30.3 Å². The van der Waals surface area contributed by atoms with Crippen LogP contribution in [0.1, 0.15) is 45.7 Å². The Kier molecular flexibility index (Phi) is 6.65. The number of aromatic nitrogens is 2. The SMILES string of the molecule is Cn1nc(-c2ccc(F)cc2)cc1CN1CCC(NC(=O)C2CC(C(C)(C)C)NN2)CC1. The molecule has 0 saturated carbocycles. The van der Waals surface area contributed by atoms with Crippen LogP contribution in [0.4, 0.5) is 4.39 Å². The van der Waals surface area contributed by atoms with Crippen LogP contribution < -0.4 is 16.2 Å². The van der Waals surface area contributed by atoms with Crippen LogP contribution in [-0.2, 0) is 18.4 Å². The summed E-state index contributed by atoms with van der Waals surface area (Å²) in [6.07, 6.45) is 2.69. The molecule has 174 valence electrons. The molecule has 2 fully saturated rings. The monoisotopic (exact) mass is 442 g/mol. The minimum absolute atomic E-state index is 0.0956. The number of rotatable bonds is 5. The summed E-state index contributed by atoms with van der Waals surface area (Å²) in [4.78, 5) is 15.1. The Morgan fingerprint density at radius 2 is 1.88 bits per heavy atom. The van der Waals surface area contributed by atoms with E-state index in [1.165, 1.54) is 12.1 Å². The second-order valence-corrected chi connectivity index (χ2v) is 10.2. The van der Waals surface area contributed by atoms with Crippen molar-refractivity contribution in [1.82, 2.24) is 30.8 Å². The first kappa shape index (κ1) is 22.9. The number of carbonyl (C=O) groups is 1. The average Bonchev–Trinajstić information content (AvgIpc) is 3.38. The largest absolute Gasteiger partial charge is 0.352 e. The quantitative estimate of drug-likeness (QED) is 0.664. The molecule has 0 spiro atoms. The number of hydrogen-bond donors (Lipinski definition) is 3. The Hall–Kier alpha value is -2.29. The molecule has 0 bridgehead atoms. The molecule has 0 aliphatic carbocycles. The number of hydrazine groups is 1. The molecule has 0 radical (unpaired) electrons. The molecule has 2 saturated heterocycles. The van der Waals surface area contributed by atoms with Crippen molar-refractivity contribution in [3.8, 4) is 11.3 Å². The number of nitrogens with one attached hydrogen (secondary N) is 3. The Balaban J connectivity index is 1.26. The standard InChI is InChI=1S/C24H35FN6O/c1-24(2,3)22-14-21(27-28-22)23(32)26-18-9-11-31(12-10-18)15-19-13-20(29-30(19)4)16-5-7-17(25)8-6-16/h5-8,13,18,21-22,27-28H,9-12,14-15H2,1-4H3,(H,26,32). The number of halogens is 1. The van der Waals surface area contributed by atoms with E-state index in [4.69, 9.17) is 0 Å². The van der Waals surface area contributed by atoms with Crippen molar-refractivity contribution in [1.29, 1.82) is 0 Å². The maximum Gasteiger partial charge on any atom is 0.238 e. The summed E-state index contributed by atoms with van der Waals surface area (Å²) < 4.78 is 15.1. The second kappa shape index (κ2) is 9.29. The Labute approximate surface area is 189 Å². The zero-order valence-corrected chi connectivity index (χ0v) is 19.5. The number of nitrogens with zero attached hydrogens (tertiary/aromatic N) is 3. The van der Waals surface area contributed by atoms with Gasteiger partial charge in [0, 0.05) is 44.3 Å². The predicted octanol–water partition coefficient (Wildman–Crippen LogP) is 2.59. The van der Waals surface area contributed by atoms with Crippen molar-refractivity contribution in [3.05, 3.63) is 41.8 Å². The molecule has 2 aliphatic heterocycles. The number of hydrogen-bond acceptors (Lipinski definition) is 5. The van der Waals surface area contributed by atoms with Crippen LogP contribution in [0.5, 0.6) is 0 Å². The van der Waals surface area contributed by atoms with E-state index in [0.29, 0.717) is 6.04 Å². The number of likely N-dealkylation sites (tertiary alicyclic amines) is 1. The van der Waals surface area contributed by atoms with E-state index < -0.39 is 0 Å². The minimum atomic E-state index is -0.242. The fourth-order valence-corrected chi connectivity index (χ4v) is 4.48. The molecule has 3 heterocycles. The molecule has 2 aliphatic rings. The summed E-state index contributed by atoms with van der Waals surface area (Å²) in [6.45, 7) is 9.24. The lowest BCUT2D eigenvalue weighted by molar-refractivity contribution is -0.124. The smallest absolute Gasteiger partial charge is 0.238 e. The lowest BCUT2D eigenvalue weighted by Gasteiger charge is -2.32. The fourth-order valence-electron chi connectivity index (χ4n) is 4.48. The van der Waals surface area contributed by atoms with E-state index in [-0.39, 0.29) is 29.2 Å². The number of carbonyl (C=O) groups excluding carboxylic acids is 1. The maximum atomic E-state index is 13.2. The lowest BCUT2D eigenvalue weighted by Crippen LogP contribution is -2.50.